The van der Waals surface area contributed by atoms with Gasteiger partial charge in [0.2, 0.25) is 5.91 Å². The van der Waals surface area contributed by atoms with Gasteiger partial charge < -0.3 is 30.2 Å². The number of thiocarbonyl (C=S) groups is 1. The number of thiophene rings is 1. The summed E-state index contributed by atoms with van der Waals surface area (Å²) in [5.74, 6) is 2.24. The van der Waals surface area contributed by atoms with E-state index in [1.54, 1.807) is 37.8 Å². The minimum Gasteiger partial charge on any atom is -0.497 e. The third-order valence-corrected chi connectivity index (χ3v) is 6.99. The number of anilines is 1. The van der Waals surface area contributed by atoms with E-state index in [1.165, 1.54) is 37.2 Å². The van der Waals surface area contributed by atoms with Gasteiger partial charge in [-0.1, -0.05) is 12.5 Å². The fourth-order valence-electron chi connectivity index (χ4n) is 3.91. The standard InChI is InChI=1S/C27H38N4O4S2/c1-33-22-15-21(16-23(17-22)34-2)30-27(36)29-11-8-9-26(32)28-10-4-7-14-35-24-18-25(37-20-24)19-31-12-5-3-6-13-31/h4,10,15-18,20H,3,5-9,11-14,19H2,1-2H3,(H,28,32)(H2,29,30,36)/b10-4-. The number of hydrogen-bond donors (Lipinski definition) is 3. The first-order chi connectivity index (χ1) is 18.1. The second-order valence-electron chi connectivity index (χ2n) is 8.78. The van der Waals surface area contributed by atoms with Gasteiger partial charge in [-0.2, -0.15) is 0 Å². The van der Waals surface area contributed by atoms with E-state index in [2.05, 4.69) is 32.3 Å². The second kappa shape index (κ2) is 16.1. The highest BCUT2D eigenvalue weighted by Gasteiger charge is 2.12. The van der Waals surface area contributed by atoms with Crippen molar-refractivity contribution in [1.29, 1.82) is 0 Å². The van der Waals surface area contributed by atoms with Crippen molar-refractivity contribution in [2.24, 2.45) is 0 Å². The van der Waals surface area contributed by atoms with Crippen LogP contribution in [0.1, 0.15) is 43.4 Å². The van der Waals surface area contributed by atoms with Crippen LogP contribution in [0.25, 0.3) is 0 Å². The molecule has 1 aliphatic heterocycles. The average molecular weight is 547 g/mol. The van der Waals surface area contributed by atoms with Crippen LogP contribution in [0.3, 0.4) is 0 Å². The van der Waals surface area contributed by atoms with E-state index in [9.17, 15) is 4.79 Å². The van der Waals surface area contributed by atoms with E-state index in [4.69, 9.17) is 26.4 Å². The van der Waals surface area contributed by atoms with Crippen LogP contribution in [0.2, 0.25) is 0 Å². The number of nitrogens with one attached hydrogen (secondary N) is 3. The number of ether oxygens (including phenoxy) is 3. The summed E-state index contributed by atoms with van der Waals surface area (Å²) in [7, 11) is 3.19. The largest absolute Gasteiger partial charge is 0.497 e. The van der Waals surface area contributed by atoms with E-state index in [1.807, 2.05) is 18.2 Å². The van der Waals surface area contributed by atoms with Gasteiger partial charge in [-0.15, -0.1) is 11.3 Å². The topological polar surface area (TPSA) is 84.1 Å². The predicted octanol–water partition coefficient (Wildman–Crippen LogP) is 4.92. The minimum absolute atomic E-state index is 0.0319. The van der Waals surface area contributed by atoms with Crippen LogP contribution in [-0.2, 0) is 11.3 Å². The van der Waals surface area contributed by atoms with E-state index in [0.717, 1.165) is 24.4 Å². The summed E-state index contributed by atoms with van der Waals surface area (Å²) in [5, 5.41) is 11.6. The normalized spacial score (nSPS) is 13.8. The van der Waals surface area contributed by atoms with Gasteiger partial charge in [0, 0.05) is 60.1 Å². The van der Waals surface area contributed by atoms with Crippen molar-refractivity contribution < 1.29 is 19.0 Å². The van der Waals surface area contributed by atoms with Gasteiger partial charge in [0.15, 0.2) is 5.11 Å². The lowest BCUT2D eigenvalue weighted by Gasteiger charge is -2.25. The van der Waals surface area contributed by atoms with Crippen LogP contribution in [0.15, 0.2) is 41.9 Å². The number of piperidine rings is 1. The quantitative estimate of drug-likeness (QED) is 0.228. The van der Waals surface area contributed by atoms with Crippen LogP contribution in [0, 0.1) is 0 Å². The van der Waals surface area contributed by atoms with Crippen molar-refractivity contribution in [2.75, 3.05) is 45.8 Å². The van der Waals surface area contributed by atoms with Crippen LogP contribution in [0.5, 0.6) is 17.2 Å². The van der Waals surface area contributed by atoms with E-state index >= 15 is 0 Å². The number of hydrogen-bond acceptors (Lipinski definition) is 7. The SMILES string of the molecule is COc1cc(NC(=S)NCCCC(=O)N/C=C\CCOc2csc(CN3CCCCC3)c2)cc(OC)c1. The minimum atomic E-state index is -0.0319. The molecule has 0 bridgehead atoms. The molecule has 1 aliphatic rings. The van der Waals surface area contributed by atoms with Crippen molar-refractivity contribution in [3.8, 4) is 17.2 Å². The highest BCUT2D eigenvalue weighted by molar-refractivity contribution is 7.80. The van der Waals surface area contributed by atoms with Gasteiger partial charge in [0.1, 0.15) is 17.2 Å². The van der Waals surface area contributed by atoms with Gasteiger partial charge in [0.05, 0.1) is 20.8 Å². The molecule has 10 heteroatoms. The molecule has 3 rings (SSSR count). The van der Waals surface area contributed by atoms with E-state index in [0.29, 0.717) is 42.6 Å². The Morgan fingerprint density at radius 1 is 1.08 bits per heavy atom. The smallest absolute Gasteiger partial charge is 0.223 e. The monoisotopic (exact) mass is 546 g/mol. The van der Waals surface area contributed by atoms with Crippen LogP contribution >= 0.6 is 23.6 Å². The number of carbonyl (C=O) groups is 1. The Hall–Kier alpha value is -2.82. The van der Waals surface area contributed by atoms with Gasteiger partial charge in [-0.05, 0) is 56.8 Å². The first kappa shape index (κ1) is 28.7. The molecule has 0 radical (unpaired) electrons. The Morgan fingerprint density at radius 2 is 1.84 bits per heavy atom. The number of amides is 1. The summed E-state index contributed by atoms with van der Waals surface area (Å²) in [5.41, 5.74) is 0.762. The molecule has 37 heavy (non-hydrogen) atoms. The molecule has 202 valence electrons. The van der Waals surface area contributed by atoms with Crippen molar-refractivity contribution >= 4 is 40.3 Å². The number of likely N-dealkylation sites (tertiary alicyclic amines) is 1. The number of nitrogens with zero attached hydrogens (tertiary/aromatic N) is 1. The summed E-state index contributed by atoms with van der Waals surface area (Å²) >= 11 is 7.09. The molecule has 0 atom stereocenters. The molecule has 1 fully saturated rings. The number of benzene rings is 1. The van der Waals surface area contributed by atoms with Crippen molar-refractivity contribution in [3.05, 3.63) is 46.8 Å². The van der Waals surface area contributed by atoms with Gasteiger partial charge in [-0.3, -0.25) is 9.69 Å². The lowest BCUT2D eigenvalue weighted by Crippen LogP contribution is -2.30. The summed E-state index contributed by atoms with van der Waals surface area (Å²) in [6.07, 6.45) is 9.36. The Morgan fingerprint density at radius 3 is 2.57 bits per heavy atom. The van der Waals surface area contributed by atoms with Crippen LogP contribution in [-0.4, -0.2) is 56.4 Å². The number of carbonyl (C=O) groups excluding carboxylic acids is 1. The predicted molar refractivity (Wildman–Crippen MR) is 154 cm³/mol. The third-order valence-electron chi connectivity index (χ3n) is 5.85. The zero-order valence-electron chi connectivity index (χ0n) is 21.7. The van der Waals surface area contributed by atoms with Crippen molar-refractivity contribution in [1.82, 2.24) is 15.5 Å². The maximum absolute atomic E-state index is 12.0. The van der Waals surface area contributed by atoms with Gasteiger partial charge in [0.25, 0.3) is 0 Å². The molecule has 1 aromatic heterocycles. The fourth-order valence-corrected chi connectivity index (χ4v) is 4.98. The highest BCUT2D eigenvalue weighted by Crippen LogP contribution is 2.26. The molecule has 1 saturated heterocycles. The lowest BCUT2D eigenvalue weighted by atomic mass is 10.1. The Kier molecular flexibility index (Phi) is 12.5. The number of rotatable bonds is 14. The van der Waals surface area contributed by atoms with Crippen molar-refractivity contribution in [3.63, 3.8) is 0 Å². The zero-order chi connectivity index (χ0) is 26.3. The maximum atomic E-state index is 12.0. The Labute approximate surface area is 229 Å². The first-order valence-corrected chi connectivity index (χ1v) is 14.0. The van der Waals surface area contributed by atoms with E-state index in [-0.39, 0.29) is 5.91 Å². The molecular formula is C27H38N4O4S2. The molecule has 1 amide bonds. The van der Waals surface area contributed by atoms with Crippen LogP contribution in [0.4, 0.5) is 5.69 Å². The maximum Gasteiger partial charge on any atom is 0.223 e. The summed E-state index contributed by atoms with van der Waals surface area (Å²) < 4.78 is 16.4. The Balaban J connectivity index is 1.22. The van der Waals surface area contributed by atoms with Gasteiger partial charge in [-0.25, -0.2) is 0 Å². The molecule has 2 aromatic rings. The first-order valence-electron chi connectivity index (χ1n) is 12.7. The molecule has 0 unspecified atom stereocenters. The average Bonchev–Trinajstić information content (AvgIpc) is 3.35. The summed E-state index contributed by atoms with van der Waals surface area (Å²) in [6, 6.07) is 7.59. The zero-order valence-corrected chi connectivity index (χ0v) is 23.3. The highest BCUT2D eigenvalue weighted by atomic mass is 32.1. The fraction of sp³-hybridized carbons (Fsp3) is 0.481. The lowest BCUT2D eigenvalue weighted by molar-refractivity contribution is -0.120. The molecule has 2 heterocycles. The Bertz CT molecular complexity index is 999. The summed E-state index contributed by atoms with van der Waals surface area (Å²) in [4.78, 5) is 15.9. The molecule has 0 aliphatic carbocycles. The molecule has 1 aromatic carbocycles. The third kappa shape index (κ3) is 11.0. The second-order valence-corrected chi connectivity index (χ2v) is 10.2. The molecule has 0 saturated carbocycles. The van der Waals surface area contributed by atoms with Crippen LogP contribution < -0.4 is 30.2 Å². The molecule has 8 nitrogen and oxygen atoms in total. The van der Waals surface area contributed by atoms with E-state index < -0.39 is 0 Å². The summed E-state index contributed by atoms with van der Waals surface area (Å²) in [6.45, 7) is 4.59. The van der Waals surface area contributed by atoms with Gasteiger partial charge >= 0.3 is 0 Å². The van der Waals surface area contributed by atoms with Crippen molar-refractivity contribution in [2.45, 2.75) is 45.1 Å². The number of methoxy groups -OCH3 is 2. The molecule has 0 spiro atoms. The molecule has 3 N–H and O–H groups in total. The molecular weight excluding hydrogens is 508 g/mol.